The van der Waals surface area contributed by atoms with Crippen LogP contribution in [0, 0.1) is 11.7 Å². The van der Waals surface area contributed by atoms with Gasteiger partial charge < -0.3 is 15.5 Å². The molecule has 0 aromatic heterocycles. The lowest BCUT2D eigenvalue weighted by atomic mass is 9.93. The van der Waals surface area contributed by atoms with Crippen LogP contribution in [0.2, 0.25) is 0 Å². The third kappa shape index (κ3) is 6.97. The summed E-state index contributed by atoms with van der Waals surface area (Å²) in [6, 6.07) is 6.33. The second-order valence-electron chi connectivity index (χ2n) is 8.66. The van der Waals surface area contributed by atoms with Gasteiger partial charge in [-0.15, -0.1) is 0 Å². The van der Waals surface area contributed by atoms with Crippen LogP contribution in [-0.4, -0.2) is 60.5 Å². The highest BCUT2D eigenvalue weighted by molar-refractivity contribution is 5.89. The number of nitrogens with zero attached hydrogens (tertiary/aromatic N) is 2. The molecule has 2 N–H and O–H groups in total. The highest BCUT2D eigenvalue weighted by Gasteiger charge is 2.24. The van der Waals surface area contributed by atoms with E-state index in [1.807, 2.05) is 0 Å². The van der Waals surface area contributed by atoms with Gasteiger partial charge in [0.2, 0.25) is 5.91 Å². The third-order valence-corrected chi connectivity index (χ3v) is 6.32. The average molecular weight is 419 g/mol. The van der Waals surface area contributed by atoms with Crippen molar-refractivity contribution in [3.05, 3.63) is 30.1 Å². The van der Waals surface area contributed by atoms with E-state index in [0.29, 0.717) is 43.7 Å². The number of carbonyl (C=O) groups is 2. The fraction of sp³-hybridized carbons (Fsp3) is 0.652. The SMILES string of the molecule is C[C@H]1CCCCN1CCNC(=O)CC[C@H]1CCCN(C(=O)Nc2cccc(F)c2)C1. The molecule has 0 saturated carbocycles. The van der Waals surface area contributed by atoms with Crippen molar-refractivity contribution in [3.63, 3.8) is 0 Å². The Morgan fingerprint density at radius 1 is 1.17 bits per heavy atom. The Morgan fingerprint density at radius 3 is 2.83 bits per heavy atom. The zero-order chi connectivity index (χ0) is 21.3. The van der Waals surface area contributed by atoms with E-state index in [1.54, 1.807) is 17.0 Å². The fourth-order valence-corrected chi connectivity index (χ4v) is 4.51. The van der Waals surface area contributed by atoms with E-state index in [0.717, 1.165) is 32.4 Å². The van der Waals surface area contributed by atoms with E-state index in [-0.39, 0.29) is 17.8 Å². The topological polar surface area (TPSA) is 64.7 Å². The summed E-state index contributed by atoms with van der Waals surface area (Å²) in [5.41, 5.74) is 0.463. The molecule has 2 heterocycles. The van der Waals surface area contributed by atoms with Crippen molar-refractivity contribution in [2.24, 2.45) is 5.92 Å². The normalized spacial score (nSPS) is 22.5. The number of benzene rings is 1. The molecule has 1 aromatic carbocycles. The van der Waals surface area contributed by atoms with Gasteiger partial charge >= 0.3 is 6.03 Å². The predicted octanol–water partition coefficient (Wildman–Crippen LogP) is 3.84. The van der Waals surface area contributed by atoms with Crippen molar-refractivity contribution in [3.8, 4) is 0 Å². The summed E-state index contributed by atoms with van der Waals surface area (Å²) in [6.07, 6.45) is 7.05. The summed E-state index contributed by atoms with van der Waals surface area (Å²) in [7, 11) is 0. The molecule has 2 aliphatic rings. The van der Waals surface area contributed by atoms with E-state index in [9.17, 15) is 14.0 Å². The molecule has 0 aliphatic carbocycles. The zero-order valence-corrected chi connectivity index (χ0v) is 18.0. The Labute approximate surface area is 179 Å². The van der Waals surface area contributed by atoms with Crippen molar-refractivity contribution in [2.75, 3.05) is 38.0 Å². The summed E-state index contributed by atoms with van der Waals surface area (Å²) >= 11 is 0. The van der Waals surface area contributed by atoms with Crippen LogP contribution in [0.5, 0.6) is 0 Å². The molecule has 2 aliphatic heterocycles. The molecule has 0 unspecified atom stereocenters. The number of likely N-dealkylation sites (tertiary alicyclic amines) is 2. The molecular formula is C23H35FN4O2. The largest absolute Gasteiger partial charge is 0.355 e. The molecule has 166 valence electrons. The van der Waals surface area contributed by atoms with Crippen molar-refractivity contribution in [1.82, 2.24) is 15.1 Å². The molecule has 7 heteroatoms. The minimum absolute atomic E-state index is 0.0981. The van der Waals surface area contributed by atoms with Crippen LogP contribution in [0.25, 0.3) is 0 Å². The molecule has 2 saturated heterocycles. The standard InChI is InChI=1S/C23H35FN4O2/c1-18-6-2-3-13-27(18)15-12-25-22(29)11-10-19-7-5-14-28(17-19)23(30)26-21-9-4-8-20(24)16-21/h4,8-9,16,18-19H,2-3,5-7,10-15,17H2,1H3,(H,25,29)(H,26,30)/t18-,19+/m0/s1. The smallest absolute Gasteiger partial charge is 0.321 e. The zero-order valence-electron chi connectivity index (χ0n) is 18.0. The molecule has 2 atom stereocenters. The Bertz CT molecular complexity index is 714. The van der Waals surface area contributed by atoms with Gasteiger partial charge in [0.05, 0.1) is 0 Å². The number of amides is 3. The van der Waals surface area contributed by atoms with E-state index >= 15 is 0 Å². The summed E-state index contributed by atoms with van der Waals surface area (Å²) in [5.74, 6) is 0.0518. The van der Waals surface area contributed by atoms with Gasteiger partial charge in [0.1, 0.15) is 5.82 Å². The highest BCUT2D eigenvalue weighted by atomic mass is 19.1. The van der Waals surface area contributed by atoms with Crippen molar-refractivity contribution < 1.29 is 14.0 Å². The van der Waals surface area contributed by atoms with E-state index in [2.05, 4.69) is 22.5 Å². The number of piperidine rings is 2. The first-order valence-corrected chi connectivity index (χ1v) is 11.3. The number of halogens is 1. The molecule has 3 rings (SSSR count). The Hall–Kier alpha value is -2.15. The molecule has 2 fully saturated rings. The van der Waals surface area contributed by atoms with Crippen LogP contribution >= 0.6 is 0 Å². The highest BCUT2D eigenvalue weighted by Crippen LogP contribution is 2.22. The van der Waals surface area contributed by atoms with Crippen LogP contribution in [0.3, 0.4) is 0 Å². The van der Waals surface area contributed by atoms with E-state index in [4.69, 9.17) is 0 Å². The van der Waals surface area contributed by atoms with Gasteiger partial charge in [0, 0.05) is 44.3 Å². The van der Waals surface area contributed by atoms with Gasteiger partial charge in [-0.25, -0.2) is 9.18 Å². The van der Waals surface area contributed by atoms with Crippen molar-refractivity contribution in [2.45, 2.75) is 57.9 Å². The first-order valence-electron chi connectivity index (χ1n) is 11.3. The molecule has 1 aromatic rings. The molecule has 6 nitrogen and oxygen atoms in total. The monoisotopic (exact) mass is 418 g/mol. The number of rotatable bonds is 7. The second kappa shape index (κ2) is 11.3. The first-order chi connectivity index (χ1) is 14.5. The van der Waals surface area contributed by atoms with Gasteiger partial charge in [0.15, 0.2) is 0 Å². The maximum atomic E-state index is 13.3. The van der Waals surface area contributed by atoms with Crippen LogP contribution < -0.4 is 10.6 Å². The van der Waals surface area contributed by atoms with E-state index < -0.39 is 0 Å². The summed E-state index contributed by atoms with van der Waals surface area (Å²) in [4.78, 5) is 29.0. The molecule has 0 radical (unpaired) electrons. The molecule has 0 bridgehead atoms. The lowest BCUT2D eigenvalue weighted by molar-refractivity contribution is -0.121. The number of urea groups is 1. The minimum atomic E-state index is -0.370. The summed E-state index contributed by atoms with van der Waals surface area (Å²) in [6.45, 7) is 6.35. The van der Waals surface area contributed by atoms with Gasteiger partial charge in [-0.3, -0.25) is 9.69 Å². The first kappa shape index (κ1) is 22.5. The van der Waals surface area contributed by atoms with Crippen LogP contribution in [0.15, 0.2) is 24.3 Å². The molecule has 3 amide bonds. The van der Waals surface area contributed by atoms with Gasteiger partial charge in [-0.05, 0) is 69.7 Å². The quantitative estimate of drug-likeness (QED) is 0.707. The maximum absolute atomic E-state index is 13.3. The fourth-order valence-electron chi connectivity index (χ4n) is 4.51. The Kier molecular flexibility index (Phi) is 8.49. The van der Waals surface area contributed by atoms with Crippen LogP contribution in [0.4, 0.5) is 14.9 Å². The van der Waals surface area contributed by atoms with Gasteiger partial charge in [-0.2, -0.15) is 0 Å². The number of nitrogens with one attached hydrogen (secondary N) is 2. The third-order valence-electron chi connectivity index (χ3n) is 6.32. The second-order valence-corrected chi connectivity index (χ2v) is 8.66. The lowest BCUT2D eigenvalue weighted by Gasteiger charge is -2.33. The summed E-state index contributed by atoms with van der Waals surface area (Å²) < 4.78 is 13.3. The summed E-state index contributed by atoms with van der Waals surface area (Å²) in [5, 5.41) is 5.82. The maximum Gasteiger partial charge on any atom is 0.321 e. The number of anilines is 1. The molecular weight excluding hydrogens is 383 g/mol. The lowest BCUT2D eigenvalue weighted by Crippen LogP contribution is -2.43. The predicted molar refractivity (Wildman–Crippen MR) is 117 cm³/mol. The van der Waals surface area contributed by atoms with Crippen molar-refractivity contribution in [1.29, 1.82) is 0 Å². The number of hydrogen-bond donors (Lipinski definition) is 2. The van der Waals surface area contributed by atoms with Gasteiger partial charge in [0.25, 0.3) is 0 Å². The molecule has 0 spiro atoms. The van der Waals surface area contributed by atoms with E-state index in [1.165, 1.54) is 31.4 Å². The number of hydrogen-bond acceptors (Lipinski definition) is 3. The van der Waals surface area contributed by atoms with Crippen LogP contribution in [0.1, 0.15) is 51.9 Å². The average Bonchev–Trinajstić information content (AvgIpc) is 2.74. The van der Waals surface area contributed by atoms with Crippen molar-refractivity contribution >= 4 is 17.6 Å². The Balaban J connectivity index is 1.35. The number of carbonyl (C=O) groups excluding carboxylic acids is 2. The van der Waals surface area contributed by atoms with Crippen LogP contribution in [-0.2, 0) is 4.79 Å². The Morgan fingerprint density at radius 2 is 2.03 bits per heavy atom. The molecule has 30 heavy (non-hydrogen) atoms. The van der Waals surface area contributed by atoms with Gasteiger partial charge in [-0.1, -0.05) is 12.5 Å². The minimum Gasteiger partial charge on any atom is -0.355 e.